The molecule has 0 heterocycles. The van der Waals surface area contributed by atoms with Crippen LogP contribution in [0.5, 0.6) is 0 Å². The number of nitrogens with two attached hydrogens (primary N) is 1. The summed E-state index contributed by atoms with van der Waals surface area (Å²) in [4.78, 5) is 2.32. The van der Waals surface area contributed by atoms with Gasteiger partial charge in [-0.15, -0.1) is 0 Å². The molecule has 1 aliphatic rings. The van der Waals surface area contributed by atoms with Crippen molar-refractivity contribution in [1.29, 1.82) is 0 Å². The molecule has 0 bridgehead atoms. The summed E-state index contributed by atoms with van der Waals surface area (Å²) < 4.78 is 0. The third kappa shape index (κ3) is 2.52. The van der Waals surface area contributed by atoms with Crippen molar-refractivity contribution in [2.75, 3.05) is 11.9 Å². The highest BCUT2D eigenvalue weighted by atomic mass is 16.4. The lowest BCUT2D eigenvalue weighted by atomic mass is 10.1. The van der Waals surface area contributed by atoms with Crippen molar-refractivity contribution in [1.82, 2.24) is 0 Å². The van der Waals surface area contributed by atoms with E-state index in [0.29, 0.717) is 6.04 Å². The highest BCUT2D eigenvalue weighted by molar-refractivity contribution is 5.97. The Morgan fingerprint density at radius 2 is 1.88 bits per heavy atom. The van der Waals surface area contributed by atoms with E-state index in [4.69, 9.17) is 10.9 Å². The molecule has 0 spiro atoms. The van der Waals surface area contributed by atoms with E-state index in [1.165, 1.54) is 31.4 Å². The molecule has 92 valence electrons. The Morgan fingerprint density at radius 1 is 1.29 bits per heavy atom. The monoisotopic (exact) mass is 233 g/mol. The predicted molar refractivity (Wildman–Crippen MR) is 69.6 cm³/mol. The number of anilines is 1. The molecule has 0 amide bonds. The van der Waals surface area contributed by atoms with E-state index in [0.717, 1.165) is 5.56 Å². The molecule has 0 aromatic heterocycles. The van der Waals surface area contributed by atoms with Gasteiger partial charge in [-0.3, -0.25) is 0 Å². The first-order valence-electron chi connectivity index (χ1n) is 6.03. The van der Waals surface area contributed by atoms with Crippen LogP contribution in [-0.2, 0) is 0 Å². The van der Waals surface area contributed by atoms with Crippen molar-refractivity contribution >= 4 is 11.5 Å². The van der Waals surface area contributed by atoms with Gasteiger partial charge < -0.3 is 15.8 Å². The van der Waals surface area contributed by atoms with Gasteiger partial charge in [-0.25, -0.2) is 0 Å². The summed E-state index contributed by atoms with van der Waals surface area (Å²) in [5, 5.41) is 11.6. The highest BCUT2D eigenvalue weighted by Crippen LogP contribution is 2.26. The molecule has 0 aliphatic heterocycles. The average Bonchev–Trinajstić information content (AvgIpc) is 2.91. The topological polar surface area (TPSA) is 61.8 Å². The summed E-state index contributed by atoms with van der Waals surface area (Å²) in [6, 6.07) is 8.47. The first kappa shape index (κ1) is 11.8. The third-order valence-corrected chi connectivity index (χ3v) is 3.55. The van der Waals surface area contributed by atoms with Gasteiger partial charge in [0.15, 0.2) is 5.84 Å². The summed E-state index contributed by atoms with van der Waals surface area (Å²) in [6.45, 7) is 0. The first-order valence-corrected chi connectivity index (χ1v) is 6.03. The number of hydrogen-bond acceptors (Lipinski definition) is 3. The SMILES string of the molecule is CN(c1ccc(/C(N)=N/O)cc1)C1CCCC1. The second-order valence-corrected chi connectivity index (χ2v) is 4.58. The number of oxime groups is 1. The van der Waals surface area contributed by atoms with Crippen LogP contribution in [0.3, 0.4) is 0 Å². The Labute approximate surface area is 102 Å². The van der Waals surface area contributed by atoms with Crippen molar-refractivity contribution in [3.8, 4) is 0 Å². The Hall–Kier alpha value is -1.71. The van der Waals surface area contributed by atoms with Gasteiger partial charge in [0.25, 0.3) is 0 Å². The molecule has 0 unspecified atom stereocenters. The van der Waals surface area contributed by atoms with Gasteiger partial charge in [0.05, 0.1) is 0 Å². The minimum absolute atomic E-state index is 0.153. The third-order valence-electron chi connectivity index (χ3n) is 3.55. The number of amidine groups is 1. The summed E-state index contributed by atoms with van der Waals surface area (Å²) in [5.41, 5.74) is 7.46. The molecule has 1 aliphatic carbocycles. The molecular weight excluding hydrogens is 214 g/mol. The van der Waals surface area contributed by atoms with Crippen LogP contribution in [0.25, 0.3) is 0 Å². The van der Waals surface area contributed by atoms with Crippen LogP contribution in [0, 0.1) is 0 Å². The predicted octanol–water partition coefficient (Wildman–Crippen LogP) is 2.16. The van der Waals surface area contributed by atoms with Gasteiger partial charge in [-0.1, -0.05) is 18.0 Å². The van der Waals surface area contributed by atoms with Gasteiger partial charge in [0, 0.05) is 24.3 Å². The van der Waals surface area contributed by atoms with Gasteiger partial charge in [0.1, 0.15) is 0 Å². The standard InChI is InChI=1S/C13H19N3O/c1-16(11-4-2-3-5-11)12-8-6-10(7-9-12)13(14)15-17/h6-9,11,17H,2-5H2,1H3,(H2,14,15). The van der Waals surface area contributed by atoms with E-state index in [9.17, 15) is 0 Å². The maximum atomic E-state index is 8.59. The summed E-state index contributed by atoms with van der Waals surface area (Å²) in [7, 11) is 2.13. The Balaban J connectivity index is 2.11. The number of nitrogens with zero attached hydrogens (tertiary/aromatic N) is 2. The van der Waals surface area contributed by atoms with E-state index < -0.39 is 0 Å². The smallest absolute Gasteiger partial charge is 0.170 e. The number of benzene rings is 1. The van der Waals surface area contributed by atoms with Crippen LogP contribution in [0.15, 0.2) is 29.4 Å². The molecule has 17 heavy (non-hydrogen) atoms. The number of hydrogen-bond donors (Lipinski definition) is 2. The fraction of sp³-hybridized carbons (Fsp3) is 0.462. The molecule has 1 fully saturated rings. The summed E-state index contributed by atoms with van der Waals surface area (Å²) in [5.74, 6) is 0.153. The molecule has 4 nitrogen and oxygen atoms in total. The zero-order chi connectivity index (χ0) is 12.3. The van der Waals surface area contributed by atoms with Crippen LogP contribution in [0.2, 0.25) is 0 Å². The summed E-state index contributed by atoms with van der Waals surface area (Å²) >= 11 is 0. The van der Waals surface area contributed by atoms with Crippen molar-refractivity contribution in [3.63, 3.8) is 0 Å². The Bertz CT molecular complexity index is 394. The Morgan fingerprint density at radius 3 is 2.41 bits per heavy atom. The van der Waals surface area contributed by atoms with Crippen LogP contribution in [0.4, 0.5) is 5.69 Å². The van der Waals surface area contributed by atoms with E-state index in [2.05, 4.69) is 17.1 Å². The fourth-order valence-electron chi connectivity index (χ4n) is 2.43. The summed E-state index contributed by atoms with van der Waals surface area (Å²) in [6.07, 6.45) is 5.21. The van der Waals surface area contributed by atoms with Crippen LogP contribution in [-0.4, -0.2) is 24.1 Å². The van der Waals surface area contributed by atoms with Gasteiger partial charge in [-0.2, -0.15) is 0 Å². The Kier molecular flexibility index (Phi) is 3.52. The molecule has 3 N–H and O–H groups in total. The van der Waals surface area contributed by atoms with Crippen LogP contribution in [0.1, 0.15) is 31.2 Å². The van der Waals surface area contributed by atoms with Crippen molar-refractivity contribution < 1.29 is 5.21 Å². The lowest BCUT2D eigenvalue weighted by Crippen LogP contribution is -2.28. The largest absolute Gasteiger partial charge is 0.409 e. The lowest BCUT2D eigenvalue weighted by molar-refractivity contribution is 0.318. The average molecular weight is 233 g/mol. The normalized spacial score (nSPS) is 17.4. The molecule has 1 aromatic carbocycles. The molecule has 0 saturated heterocycles. The molecule has 0 radical (unpaired) electrons. The van der Waals surface area contributed by atoms with Crippen molar-refractivity contribution in [3.05, 3.63) is 29.8 Å². The van der Waals surface area contributed by atoms with E-state index in [1.54, 1.807) is 0 Å². The molecule has 1 aromatic rings. The van der Waals surface area contributed by atoms with Crippen molar-refractivity contribution in [2.45, 2.75) is 31.7 Å². The first-order chi connectivity index (χ1) is 8.22. The molecular formula is C13H19N3O. The van der Waals surface area contributed by atoms with Gasteiger partial charge >= 0.3 is 0 Å². The molecule has 0 atom stereocenters. The maximum absolute atomic E-state index is 8.59. The van der Waals surface area contributed by atoms with Crippen LogP contribution >= 0.6 is 0 Å². The van der Waals surface area contributed by atoms with Crippen molar-refractivity contribution in [2.24, 2.45) is 10.9 Å². The minimum atomic E-state index is 0.153. The van der Waals surface area contributed by atoms with E-state index in [1.807, 2.05) is 24.3 Å². The van der Waals surface area contributed by atoms with E-state index in [-0.39, 0.29) is 5.84 Å². The second-order valence-electron chi connectivity index (χ2n) is 4.58. The van der Waals surface area contributed by atoms with E-state index >= 15 is 0 Å². The fourth-order valence-corrected chi connectivity index (χ4v) is 2.43. The molecule has 1 saturated carbocycles. The van der Waals surface area contributed by atoms with Gasteiger partial charge in [0.2, 0.25) is 0 Å². The lowest BCUT2D eigenvalue weighted by Gasteiger charge is -2.26. The minimum Gasteiger partial charge on any atom is -0.409 e. The zero-order valence-corrected chi connectivity index (χ0v) is 10.1. The van der Waals surface area contributed by atoms with Gasteiger partial charge in [-0.05, 0) is 37.1 Å². The molecule has 4 heteroatoms. The zero-order valence-electron chi connectivity index (χ0n) is 10.1. The van der Waals surface area contributed by atoms with Crippen LogP contribution < -0.4 is 10.6 Å². The quantitative estimate of drug-likeness (QED) is 0.364. The second kappa shape index (κ2) is 5.08. The number of rotatable bonds is 3. The maximum Gasteiger partial charge on any atom is 0.170 e. The molecule has 2 rings (SSSR count). The highest BCUT2D eigenvalue weighted by Gasteiger charge is 2.19.